The van der Waals surface area contributed by atoms with Crippen molar-refractivity contribution in [1.29, 1.82) is 0 Å². The van der Waals surface area contributed by atoms with Crippen molar-refractivity contribution in [2.45, 2.75) is 31.0 Å². The van der Waals surface area contributed by atoms with Gasteiger partial charge < -0.3 is 20.5 Å². The number of aromatic nitrogens is 2. The van der Waals surface area contributed by atoms with Gasteiger partial charge in [0.15, 0.2) is 5.69 Å². The van der Waals surface area contributed by atoms with Crippen molar-refractivity contribution in [1.82, 2.24) is 14.7 Å². The van der Waals surface area contributed by atoms with E-state index in [-0.39, 0.29) is 18.0 Å². The molecular formula is C21H21F3N4O3. The van der Waals surface area contributed by atoms with Gasteiger partial charge in [0, 0.05) is 31.0 Å². The van der Waals surface area contributed by atoms with Crippen molar-refractivity contribution >= 4 is 5.91 Å². The average Bonchev–Trinajstić information content (AvgIpc) is 3.22. The number of halogens is 3. The number of fused-ring (bicyclic) bond motifs is 3. The van der Waals surface area contributed by atoms with Crippen LogP contribution in [0.1, 0.15) is 46.6 Å². The molecule has 1 saturated heterocycles. The zero-order valence-electron chi connectivity index (χ0n) is 17.0. The molecule has 4 rings (SSSR count). The van der Waals surface area contributed by atoms with Crippen LogP contribution in [0.4, 0.5) is 13.2 Å². The third kappa shape index (κ3) is 3.86. The number of rotatable bonds is 1. The third-order valence-corrected chi connectivity index (χ3v) is 5.46. The zero-order valence-corrected chi connectivity index (χ0v) is 17.0. The van der Waals surface area contributed by atoms with E-state index in [0.29, 0.717) is 30.8 Å². The van der Waals surface area contributed by atoms with Crippen molar-refractivity contribution < 1.29 is 27.8 Å². The number of aliphatic hydroxyl groups is 1. The number of primary amides is 1. The van der Waals surface area contributed by atoms with Crippen LogP contribution in [0, 0.1) is 11.8 Å². The number of amides is 1. The molecule has 10 heteroatoms. The van der Waals surface area contributed by atoms with E-state index in [1.54, 1.807) is 19.1 Å². The average molecular weight is 434 g/mol. The molecular weight excluding hydrogens is 413 g/mol. The maximum absolute atomic E-state index is 13.8. The summed E-state index contributed by atoms with van der Waals surface area (Å²) in [6.07, 6.45) is -4.31. The van der Waals surface area contributed by atoms with Crippen LogP contribution in [0.2, 0.25) is 0 Å². The second-order valence-electron chi connectivity index (χ2n) is 8.05. The minimum absolute atomic E-state index is 0.0307. The monoisotopic (exact) mass is 434 g/mol. The molecule has 0 saturated carbocycles. The van der Waals surface area contributed by atoms with Crippen LogP contribution in [0.3, 0.4) is 0 Å². The molecule has 0 bridgehead atoms. The Morgan fingerprint density at radius 1 is 1.42 bits per heavy atom. The standard InChI is InChI=1S/C21H21F3N4O3/c1-12-10-31-15-4-3-13(5-6-20(30)7-8-27(2)11-20)9-14(15)28-18(12)16(21(22,23)24)17(26-28)19(25)29/h3-4,9,12,30H,7-8,10-11H2,1-2H3,(H2,25,29)/t12?,20-/m0/s1. The second-order valence-corrected chi connectivity index (χ2v) is 8.05. The van der Waals surface area contributed by atoms with Crippen LogP contribution in [-0.4, -0.2) is 58.0 Å². The van der Waals surface area contributed by atoms with Crippen molar-refractivity contribution in [3.63, 3.8) is 0 Å². The van der Waals surface area contributed by atoms with Crippen LogP contribution < -0.4 is 10.5 Å². The van der Waals surface area contributed by atoms with E-state index in [1.165, 1.54) is 6.07 Å². The Labute approximate surface area is 176 Å². The highest BCUT2D eigenvalue weighted by molar-refractivity contribution is 5.93. The number of β-amino-alcohol motifs (C(OH)–C–C–N with tert-alkyl or cyclic N) is 1. The predicted molar refractivity (Wildman–Crippen MR) is 105 cm³/mol. The highest BCUT2D eigenvalue weighted by Gasteiger charge is 2.44. The van der Waals surface area contributed by atoms with Gasteiger partial charge in [-0.15, -0.1) is 0 Å². The van der Waals surface area contributed by atoms with Crippen molar-refractivity contribution in [3.8, 4) is 23.3 Å². The number of carbonyl (C=O) groups excluding carboxylic acids is 1. The van der Waals surface area contributed by atoms with Crippen LogP contribution >= 0.6 is 0 Å². The van der Waals surface area contributed by atoms with Gasteiger partial charge in [-0.05, 0) is 25.2 Å². The molecule has 1 aromatic carbocycles. The van der Waals surface area contributed by atoms with E-state index in [2.05, 4.69) is 16.9 Å². The maximum atomic E-state index is 13.8. The summed E-state index contributed by atoms with van der Waals surface area (Å²) in [7, 11) is 1.88. The van der Waals surface area contributed by atoms with Gasteiger partial charge in [-0.25, -0.2) is 4.68 Å². The third-order valence-electron chi connectivity index (χ3n) is 5.46. The van der Waals surface area contributed by atoms with E-state index >= 15 is 0 Å². The first-order valence-electron chi connectivity index (χ1n) is 9.70. The Morgan fingerprint density at radius 2 is 2.16 bits per heavy atom. The molecule has 2 aromatic rings. The second kappa shape index (κ2) is 7.28. The van der Waals surface area contributed by atoms with Gasteiger partial charge in [-0.1, -0.05) is 18.8 Å². The van der Waals surface area contributed by atoms with E-state index in [1.807, 2.05) is 11.9 Å². The van der Waals surface area contributed by atoms with Crippen molar-refractivity contribution in [2.75, 3.05) is 26.7 Å². The fourth-order valence-electron chi connectivity index (χ4n) is 3.97. The lowest BCUT2D eigenvalue weighted by Crippen LogP contribution is -2.29. The Balaban J connectivity index is 1.85. The fourth-order valence-corrected chi connectivity index (χ4v) is 3.97. The normalized spacial score (nSPS) is 23.2. The van der Waals surface area contributed by atoms with Gasteiger partial charge in [-0.2, -0.15) is 18.3 Å². The molecule has 1 aromatic heterocycles. The molecule has 1 unspecified atom stereocenters. The molecule has 0 radical (unpaired) electrons. The zero-order chi connectivity index (χ0) is 22.6. The molecule has 1 fully saturated rings. The highest BCUT2D eigenvalue weighted by atomic mass is 19.4. The first-order valence-corrected chi connectivity index (χ1v) is 9.70. The molecule has 0 aliphatic carbocycles. The summed E-state index contributed by atoms with van der Waals surface area (Å²) >= 11 is 0. The quantitative estimate of drug-likeness (QED) is 0.669. The van der Waals surface area contributed by atoms with Crippen molar-refractivity contribution in [2.24, 2.45) is 5.73 Å². The lowest BCUT2D eigenvalue weighted by atomic mass is 10.0. The number of carbonyl (C=O) groups is 1. The van der Waals surface area contributed by atoms with E-state index in [0.717, 1.165) is 4.68 Å². The highest BCUT2D eigenvalue weighted by Crippen LogP contribution is 2.41. The Kier molecular flexibility index (Phi) is 4.98. The van der Waals surface area contributed by atoms with Gasteiger partial charge in [0.25, 0.3) is 5.91 Å². The Hall–Kier alpha value is -3.03. The van der Waals surface area contributed by atoms with Crippen LogP contribution in [0.25, 0.3) is 5.69 Å². The molecule has 31 heavy (non-hydrogen) atoms. The number of hydrogen-bond donors (Lipinski definition) is 2. The summed E-state index contributed by atoms with van der Waals surface area (Å²) in [5.41, 5.74) is 2.57. The smallest absolute Gasteiger partial charge is 0.420 e. The number of nitrogens with two attached hydrogens (primary N) is 1. The van der Waals surface area contributed by atoms with Gasteiger partial charge in [0.1, 0.15) is 22.6 Å². The Morgan fingerprint density at radius 3 is 2.77 bits per heavy atom. The SMILES string of the molecule is CC1COc2ccc(C#C[C@]3(O)CCN(C)C3)cc2-n2nc(C(N)=O)c(C(F)(F)F)c21. The number of hydrogen-bond acceptors (Lipinski definition) is 5. The molecule has 3 heterocycles. The number of nitrogens with zero attached hydrogens (tertiary/aromatic N) is 3. The molecule has 0 spiro atoms. The molecule has 2 atom stereocenters. The van der Waals surface area contributed by atoms with Crippen molar-refractivity contribution in [3.05, 3.63) is 40.7 Å². The van der Waals surface area contributed by atoms with Gasteiger partial charge in [-0.3, -0.25) is 4.79 Å². The number of alkyl halides is 3. The van der Waals surface area contributed by atoms with Gasteiger partial charge in [0.05, 0.1) is 12.3 Å². The maximum Gasteiger partial charge on any atom is 0.420 e. The van der Waals surface area contributed by atoms with Gasteiger partial charge >= 0.3 is 6.18 Å². The predicted octanol–water partition coefficient (Wildman–Crippen LogP) is 1.90. The summed E-state index contributed by atoms with van der Waals surface area (Å²) < 4.78 is 48.2. The Bertz CT molecular complexity index is 1120. The van der Waals surface area contributed by atoms with E-state index < -0.39 is 34.9 Å². The van der Waals surface area contributed by atoms with Crippen LogP contribution in [0.15, 0.2) is 18.2 Å². The molecule has 7 nitrogen and oxygen atoms in total. The topological polar surface area (TPSA) is 93.6 Å². The number of likely N-dealkylation sites (tertiary alicyclic amines) is 1. The van der Waals surface area contributed by atoms with E-state index in [4.69, 9.17) is 10.5 Å². The minimum atomic E-state index is -4.81. The largest absolute Gasteiger partial charge is 0.491 e. The molecule has 164 valence electrons. The lowest BCUT2D eigenvalue weighted by molar-refractivity contribution is -0.138. The molecule has 2 aliphatic rings. The summed E-state index contributed by atoms with van der Waals surface area (Å²) in [6.45, 7) is 2.66. The number of likely N-dealkylation sites (N-methyl/N-ethyl adjacent to an activating group) is 1. The summed E-state index contributed by atoms with van der Waals surface area (Å²) in [5.74, 6) is 4.11. The summed E-state index contributed by atoms with van der Waals surface area (Å²) in [6, 6.07) is 4.78. The fraction of sp³-hybridized carbons (Fsp3) is 0.429. The molecule has 2 aliphatic heterocycles. The first-order chi connectivity index (χ1) is 14.5. The first kappa shape index (κ1) is 21.2. The minimum Gasteiger partial charge on any atom is -0.491 e. The summed E-state index contributed by atoms with van der Waals surface area (Å²) in [5, 5.41) is 14.5. The number of benzene rings is 1. The summed E-state index contributed by atoms with van der Waals surface area (Å²) in [4.78, 5) is 13.7. The molecule has 3 N–H and O–H groups in total. The van der Waals surface area contributed by atoms with Crippen LogP contribution in [0.5, 0.6) is 5.75 Å². The number of ether oxygens (including phenoxy) is 1. The van der Waals surface area contributed by atoms with E-state index in [9.17, 15) is 23.1 Å². The molecule has 1 amide bonds. The van der Waals surface area contributed by atoms with Gasteiger partial charge in [0.2, 0.25) is 0 Å². The van der Waals surface area contributed by atoms with Crippen LogP contribution in [-0.2, 0) is 6.18 Å². The lowest BCUT2D eigenvalue weighted by Gasteiger charge is -2.14.